The zero-order valence-corrected chi connectivity index (χ0v) is 12.8. The number of hydrogen-bond acceptors (Lipinski definition) is 3. The minimum atomic E-state index is 0.00449. The van der Waals surface area contributed by atoms with E-state index in [1.165, 1.54) is 11.1 Å². The van der Waals surface area contributed by atoms with E-state index >= 15 is 0 Å². The van der Waals surface area contributed by atoms with Crippen LogP contribution in [0, 0.1) is 0 Å². The molecule has 0 saturated carbocycles. The lowest BCUT2D eigenvalue weighted by atomic mass is 9.81. The Balaban J connectivity index is 2.43. The number of piperazine rings is 1. The van der Waals surface area contributed by atoms with E-state index in [0.717, 1.165) is 25.4 Å². The van der Waals surface area contributed by atoms with E-state index in [1.807, 2.05) is 0 Å². The van der Waals surface area contributed by atoms with Gasteiger partial charge in [0.1, 0.15) is 5.75 Å². The van der Waals surface area contributed by atoms with Crippen LogP contribution in [0.15, 0.2) is 18.2 Å². The average Bonchev–Trinajstić information content (AvgIpc) is 2.38. The van der Waals surface area contributed by atoms with E-state index in [0.29, 0.717) is 0 Å². The lowest BCUT2D eigenvalue weighted by Crippen LogP contribution is -2.55. The van der Waals surface area contributed by atoms with Gasteiger partial charge in [0.2, 0.25) is 0 Å². The predicted molar refractivity (Wildman–Crippen MR) is 79.9 cm³/mol. The first-order chi connectivity index (χ1) is 8.87. The lowest BCUT2D eigenvalue weighted by Gasteiger charge is -2.37. The van der Waals surface area contributed by atoms with Gasteiger partial charge in [-0.3, -0.25) is 0 Å². The molecule has 1 aliphatic rings. The van der Waals surface area contributed by atoms with Gasteiger partial charge >= 0.3 is 0 Å². The summed E-state index contributed by atoms with van der Waals surface area (Å²) in [4.78, 5) is 0. The Hall–Kier alpha value is -1.06. The number of ether oxygens (including phenoxy) is 1. The highest BCUT2D eigenvalue weighted by atomic mass is 16.5. The third kappa shape index (κ3) is 2.93. The maximum Gasteiger partial charge on any atom is 0.122 e. The molecule has 1 fully saturated rings. The van der Waals surface area contributed by atoms with Gasteiger partial charge in [0.25, 0.3) is 0 Å². The number of methoxy groups -OCH3 is 1. The Kier molecular flexibility index (Phi) is 3.88. The van der Waals surface area contributed by atoms with Crippen molar-refractivity contribution in [2.45, 2.75) is 38.6 Å². The zero-order valence-electron chi connectivity index (χ0n) is 12.8. The van der Waals surface area contributed by atoms with Gasteiger partial charge in [-0.25, -0.2) is 0 Å². The highest BCUT2D eigenvalue weighted by Crippen LogP contribution is 2.34. The fourth-order valence-electron chi connectivity index (χ4n) is 2.67. The van der Waals surface area contributed by atoms with E-state index in [4.69, 9.17) is 4.74 Å². The third-order valence-electron chi connectivity index (χ3n) is 3.94. The largest absolute Gasteiger partial charge is 0.496 e. The summed E-state index contributed by atoms with van der Waals surface area (Å²) in [6.07, 6.45) is 0. The minimum absolute atomic E-state index is 0.00449. The van der Waals surface area contributed by atoms with Crippen molar-refractivity contribution in [1.29, 1.82) is 0 Å². The monoisotopic (exact) mass is 262 g/mol. The van der Waals surface area contributed by atoms with Gasteiger partial charge in [0.15, 0.2) is 0 Å². The third-order valence-corrected chi connectivity index (χ3v) is 3.94. The summed E-state index contributed by atoms with van der Waals surface area (Å²) in [6.45, 7) is 11.9. The molecule has 2 N–H and O–H groups in total. The molecule has 1 saturated heterocycles. The van der Waals surface area contributed by atoms with Crippen LogP contribution in [-0.2, 0) is 11.0 Å². The summed E-state index contributed by atoms with van der Waals surface area (Å²) in [5, 5.41) is 7.09. The Bertz CT molecular complexity index is 443. The maximum absolute atomic E-state index is 5.51. The number of hydrogen-bond donors (Lipinski definition) is 2. The predicted octanol–water partition coefficient (Wildman–Crippen LogP) is 2.40. The van der Waals surface area contributed by atoms with Crippen LogP contribution < -0.4 is 15.4 Å². The molecule has 2 rings (SSSR count). The maximum atomic E-state index is 5.51. The molecule has 1 aliphatic heterocycles. The summed E-state index contributed by atoms with van der Waals surface area (Å²) in [6, 6.07) is 6.56. The quantitative estimate of drug-likeness (QED) is 0.858. The highest BCUT2D eigenvalue weighted by molar-refractivity contribution is 5.44. The van der Waals surface area contributed by atoms with Gasteiger partial charge in [0.05, 0.1) is 12.6 Å². The smallest absolute Gasteiger partial charge is 0.122 e. The minimum Gasteiger partial charge on any atom is -0.496 e. The molecule has 0 radical (unpaired) electrons. The Morgan fingerprint density at radius 1 is 1.21 bits per heavy atom. The molecule has 1 aromatic carbocycles. The Morgan fingerprint density at radius 3 is 2.47 bits per heavy atom. The molecule has 0 bridgehead atoms. The molecule has 1 unspecified atom stereocenters. The van der Waals surface area contributed by atoms with Gasteiger partial charge in [0, 0.05) is 19.6 Å². The van der Waals surface area contributed by atoms with Gasteiger partial charge in [-0.15, -0.1) is 0 Å². The molecule has 3 heteroatoms. The average molecular weight is 262 g/mol. The number of nitrogens with one attached hydrogen (secondary N) is 2. The van der Waals surface area contributed by atoms with Crippen molar-refractivity contribution in [3.8, 4) is 5.75 Å². The molecular weight excluding hydrogens is 236 g/mol. The van der Waals surface area contributed by atoms with E-state index in [2.05, 4.69) is 56.5 Å². The van der Waals surface area contributed by atoms with Crippen LogP contribution in [-0.4, -0.2) is 26.7 Å². The van der Waals surface area contributed by atoms with Crippen LogP contribution in [0.1, 0.15) is 38.8 Å². The van der Waals surface area contributed by atoms with Crippen LogP contribution >= 0.6 is 0 Å². The van der Waals surface area contributed by atoms with E-state index < -0.39 is 0 Å². The van der Waals surface area contributed by atoms with Crippen LogP contribution in [0.5, 0.6) is 5.75 Å². The van der Waals surface area contributed by atoms with Crippen LogP contribution in [0.4, 0.5) is 0 Å². The first-order valence-corrected chi connectivity index (χ1v) is 7.01. The van der Waals surface area contributed by atoms with Gasteiger partial charge < -0.3 is 15.4 Å². The first kappa shape index (κ1) is 14.4. The zero-order chi connectivity index (χ0) is 14.1. The molecular formula is C16H26N2O. The van der Waals surface area contributed by atoms with Crippen molar-refractivity contribution >= 4 is 0 Å². The molecule has 0 spiro atoms. The van der Waals surface area contributed by atoms with Crippen molar-refractivity contribution in [2.75, 3.05) is 26.7 Å². The topological polar surface area (TPSA) is 33.3 Å². The summed E-state index contributed by atoms with van der Waals surface area (Å²) in [5.41, 5.74) is 2.68. The molecule has 0 aliphatic carbocycles. The second-order valence-corrected chi connectivity index (χ2v) is 6.60. The standard InChI is InChI=1S/C16H26N2O/c1-15(2,3)13-10-12(6-7-14(13)19-5)16(4)11-17-8-9-18-16/h6-7,10,17-18H,8-9,11H2,1-5H3. The van der Waals surface area contributed by atoms with E-state index in [-0.39, 0.29) is 11.0 Å². The number of rotatable bonds is 2. The fraction of sp³-hybridized carbons (Fsp3) is 0.625. The second-order valence-electron chi connectivity index (χ2n) is 6.60. The lowest BCUT2D eigenvalue weighted by molar-refractivity contribution is 0.302. The van der Waals surface area contributed by atoms with Gasteiger partial charge in [-0.2, -0.15) is 0 Å². The van der Waals surface area contributed by atoms with Crippen molar-refractivity contribution in [3.05, 3.63) is 29.3 Å². The first-order valence-electron chi connectivity index (χ1n) is 7.01. The summed E-state index contributed by atoms with van der Waals surface area (Å²) >= 11 is 0. The summed E-state index contributed by atoms with van der Waals surface area (Å²) in [7, 11) is 1.74. The van der Waals surface area contributed by atoms with Crippen molar-refractivity contribution in [3.63, 3.8) is 0 Å². The molecule has 0 aromatic heterocycles. The van der Waals surface area contributed by atoms with E-state index in [1.54, 1.807) is 7.11 Å². The van der Waals surface area contributed by atoms with Crippen molar-refractivity contribution in [1.82, 2.24) is 10.6 Å². The Morgan fingerprint density at radius 2 is 1.95 bits per heavy atom. The van der Waals surface area contributed by atoms with Crippen molar-refractivity contribution < 1.29 is 4.74 Å². The SMILES string of the molecule is COc1ccc(C2(C)CNCCN2)cc1C(C)(C)C. The summed E-state index contributed by atoms with van der Waals surface area (Å²) in [5.74, 6) is 0.976. The van der Waals surface area contributed by atoms with Gasteiger partial charge in [-0.05, 0) is 35.6 Å². The molecule has 106 valence electrons. The molecule has 1 atom stereocenters. The van der Waals surface area contributed by atoms with Crippen molar-refractivity contribution in [2.24, 2.45) is 0 Å². The molecule has 1 aromatic rings. The Labute approximate surface area is 116 Å². The fourth-order valence-corrected chi connectivity index (χ4v) is 2.67. The van der Waals surface area contributed by atoms with Crippen LogP contribution in [0.2, 0.25) is 0 Å². The molecule has 19 heavy (non-hydrogen) atoms. The van der Waals surface area contributed by atoms with Gasteiger partial charge in [-0.1, -0.05) is 26.8 Å². The summed E-state index contributed by atoms with van der Waals surface area (Å²) < 4.78 is 5.51. The van der Waals surface area contributed by atoms with Crippen LogP contribution in [0.3, 0.4) is 0 Å². The molecule has 1 heterocycles. The normalized spacial score (nSPS) is 24.3. The number of benzene rings is 1. The van der Waals surface area contributed by atoms with E-state index in [9.17, 15) is 0 Å². The highest BCUT2D eigenvalue weighted by Gasteiger charge is 2.30. The van der Waals surface area contributed by atoms with Crippen LogP contribution in [0.25, 0.3) is 0 Å². The molecule has 0 amide bonds. The second kappa shape index (κ2) is 5.14. The molecule has 3 nitrogen and oxygen atoms in total.